The van der Waals surface area contributed by atoms with Crippen molar-refractivity contribution < 1.29 is 4.79 Å². The van der Waals surface area contributed by atoms with Gasteiger partial charge in [0.2, 0.25) is 0 Å². The van der Waals surface area contributed by atoms with Gasteiger partial charge >= 0.3 is 0 Å². The van der Waals surface area contributed by atoms with Crippen molar-refractivity contribution in [2.24, 2.45) is 5.92 Å². The summed E-state index contributed by atoms with van der Waals surface area (Å²) in [6.45, 7) is 5.44. The molecule has 2 heterocycles. The number of hydrogen-bond donors (Lipinski definition) is 2. The highest BCUT2D eigenvalue weighted by molar-refractivity contribution is 5.93. The maximum atomic E-state index is 12.0. The van der Waals surface area contributed by atoms with E-state index in [0.29, 0.717) is 24.7 Å². The Kier molecular flexibility index (Phi) is 5.26. The standard InChI is InChI=1S/C16H20N4O/c1-12(2)10-20-16(21)15-9-14(5-8-18-15)19-11-13-3-6-17-7-4-13/h3-9,12H,10-11H2,1-2H3,(H,18,19)(H,20,21). The first-order valence-electron chi connectivity index (χ1n) is 7.02. The topological polar surface area (TPSA) is 66.9 Å². The molecule has 2 N–H and O–H groups in total. The monoisotopic (exact) mass is 284 g/mol. The minimum Gasteiger partial charge on any atom is -0.381 e. The molecule has 0 aliphatic heterocycles. The summed E-state index contributed by atoms with van der Waals surface area (Å²) in [4.78, 5) is 20.1. The van der Waals surface area contributed by atoms with Crippen molar-refractivity contribution in [3.8, 4) is 0 Å². The van der Waals surface area contributed by atoms with E-state index in [-0.39, 0.29) is 5.91 Å². The SMILES string of the molecule is CC(C)CNC(=O)c1cc(NCc2ccncc2)ccn1. The van der Waals surface area contributed by atoms with Gasteiger partial charge in [0.25, 0.3) is 5.91 Å². The first-order valence-corrected chi connectivity index (χ1v) is 7.02. The van der Waals surface area contributed by atoms with Crippen LogP contribution in [0.4, 0.5) is 5.69 Å². The van der Waals surface area contributed by atoms with Crippen molar-refractivity contribution in [1.82, 2.24) is 15.3 Å². The van der Waals surface area contributed by atoms with E-state index in [4.69, 9.17) is 0 Å². The van der Waals surface area contributed by atoms with Gasteiger partial charge in [-0.1, -0.05) is 13.8 Å². The van der Waals surface area contributed by atoms with Crippen LogP contribution in [0.25, 0.3) is 0 Å². The summed E-state index contributed by atoms with van der Waals surface area (Å²) in [7, 11) is 0. The largest absolute Gasteiger partial charge is 0.381 e. The lowest BCUT2D eigenvalue weighted by atomic mass is 10.2. The molecule has 0 radical (unpaired) electrons. The summed E-state index contributed by atoms with van der Waals surface area (Å²) in [6, 6.07) is 7.51. The van der Waals surface area contributed by atoms with Crippen molar-refractivity contribution in [3.05, 3.63) is 54.1 Å². The van der Waals surface area contributed by atoms with E-state index in [2.05, 4.69) is 34.4 Å². The van der Waals surface area contributed by atoms with Crippen molar-refractivity contribution in [1.29, 1.82) is 0 Å². The van der Waals surface area contributed by atoms with Crippen molar-refractivity contribution in [3.63, 3.8) is 0 Å². The fourth-order valence-electron chi connectivity index (χ4n) is 1.76. The van der Waals surface area contributed by atoms with Gasteiger partial charge in [-0.2, -0.15) is 0 Å². The van der Waals surface area contributed by atoms with E-state index < -0.39 is 0 Å². The van der Waals surface area contributed by atoms with Crippen molar-refractivity contribution >= 4 is 11.6 Å². The fraction of sp³-hybridized carbons (Fsp3) is 0.312. The first kappa shape index (κ1) is 15.0. The van der Waals surface area contributed by atoms with Crippen LogP contribution in [0.15, 0.2) is 42.9 Å². The van der Waals surface area contributed by atoms with Gasteiger partial charge in [0.05, 0.1) is 0 Å². The minimum atomic E-state index is -0.142. The Morgan fingerprint density at radius 3 is 2.67 bits per heavy atom. The molecule has 0 atom stereocenters. The predicted molar refractivity (Wildman–Crippen MR) is 83.0 cm³/mol. The van der Waals surface area contributed by atoms with E-state index in [1.165, 1.54) is 0 Å². The fourth-order valence-corrected chi connectivity index (χ4v) is 1.76. The second kappa shape index (κ2) is 7.38. The van der Waals surface area contributed by atoms with Crippen LogP contribution >= 0.6 is 0 Å². The molecule has 0 bridgehead atoms. The Balaban J connectivity index is 1.96. The van der Waals surface area contributed by atoms with Crippen LogP contribution < -0.4 is 10.6 Å². The smallest absolute Gasteiger partial charge is 0.269 e. The summed E-state index contributed by atoms with van der Waals surface area (Å²) in [5.74, 6) is 0.276. The Labute approximate surface area is 124 Å². The van der Waals surface area contributed by atoms with Crippen LogP contribution in [-0.4, -0.2) is 22.4 Å². The summed E-state index contributed by atoms with van der Waals surface area (Å²) in [5.41, 5.74) is 2.43. The molecule has 0 saturated carbocycles. The molecule has 2 rings (SSSR count). The molecule has 5 heteroatoms. The zero-order chi connectivity index (χ0) is 15.1. The maximum Gasteiger partial charge on any atom is 0.269 e. The molecule has 0 fully saturated rings. The Hall–Kier alpha value is -2.43. The number of carbonyl (C=O) groups is 1. The normalized spacial score (nSPS) is 10.4. The molecule has 0 unspecified atom stereocenters. The molecule has 0 aliphatic carbocycles. The van der Waals surface area contributed by atoms with Crippen LogP contribution in [0.5, 0.6) is 0 Å². The Bertz CT molecular complexity index is 584. The lowest BCUT2D eigenvalue weighted by Crippen LogP contribution is -2.28. The van der Waals surface area contributed by atoms with Gasteiger partial charge in [-0.15, -0.1) is 0 Å². The second-order valence-electron chi connectivity index (χ2n) is 5.24. The molecular weight excluding hydrogens is 264 g/mol. The molecule has 21 heavy (non-hydrogen) atoms. The zero-order valence-electron chi connectivity index (χ0n) is 12.3. The number of amides is 1. The molecule has 110 valence electrons. The predicted octanol–water partition coefficient (Wildman–Crippen LogP) is 2.47. The van der Waals surface area contributed by atoms with Crippen molar-refractivity contribution in [2.75, 3.05) is 11.9 Å². The number of pyridine rings is 2. The van der Waals surface area contributed by atoms with E-state index in [0.717, 1.165) is 11.3 Å². The summed E-state index contributed by atoms with van der Waals surface area (Å²) in [5, 5.41) is 6.14. The van der Waals surface area contributed by atoms with Gasteiger partial charge in [0.15, 0.2) is 0 Å². The summed E-state index contributed by atoms with van der Waals surface area (Å²) in [6.07, 6.45) is 5.15. The first-order chi connectivity index (χ1) is 10.1. The van der Waals surface area contributed by atoms with Crippen LogP contribution in [0.3, 0.4) is 0 Å². The molecule has 2 aromatic heterocycles. The van der Waals surface area contributed by atoms with E-state index in [9.17, 15) is 4.79 Å². The highest BCUT2D eigenvalue weighted by atomic mass is 16.1. The lowest BCUT2D eigenvalue weighted by Gasteiger charge is -2.09. The highest BCUT2D eigenvalue weighted by Crippen LogP contribution is 2.10. The second-order valence-corrected chi connectivity index (χ2v) is 5.24. The number of hydrogen-bond acceptors (Lipinski definition) is 4. The molecule has 2 aromatic rings. The number of rotatable bonds is 6. The summed E-state index contributed by atoms with van der Waals surface area (Å²) >= 11 is 0. The quantitative estimate of drug-likeness (QED) is 0.855. The van der Waals surface area contributed by atoms with Crippen molar-refractivity contribution in [2.45, 2.75) is 20.4 Å². The molecule has 0 spiro atoms. The molecule has 0 aromatic carbocycles. The average Bonchev–Trinajstić information content (AvgIpc) is 2.52. The third kappa shape index (κ3) is 4.87. The highest BCUT2D eigenvalue weighted by Gasteiger charge is 2.08. The average molecular weight is 284 g/mol. The number of nitrogens with zero attached hydrogens (tertiary/aromatic N) is 2. The van der Waals surface area contributed by atoms with Crippen LogP contribution in [-0.2, 0) is 6.54 Å². The Morgan fingerprint density at radius 2 is 1.95 bits per heavy atom. The molecule has 0 saturated heterocycles. The zero-order valence-corrected chi connectivity index (χ0v) is 12.3. The number of aromatic nitrogens is 2. The van der Waals surface area contributed by atoms with E-state index in [1.807, 2.05) is 18.2 Å². The molecule has 5 nitrogen and oxygen atoms in total. The lowest BCUT2D eigenvalue weighted by molar-refractivity contribution is 0.0944. The number of nitrogens with one attached hydrogen (secondary N) is 2. The summed E-state index contributed by atoms with van der Waals surface area (Å²) < 4.78 is 0. The van der Waals surface area contributed by atoms with Gasteiger partial charge in [0.1, 0.15) is 5.69 Å². The molecular formula is C16H20N4O. The number of anilines is 1. The Morgan fingerprint density at radius 1 is 1.19 bits per heavy atom. The van der Waals surface area contributed by atoms with Gasteiger partial charge < -0.3 is 10.6 Å². The van der Waals surface area contributed by atoms with Crippen LogP contribution in [0.2, 0.25) is 0 Å². The van der Waals surface area contributed by atoms with Gasteiger partial charge in [-0.3, -0.25) is 14.8 Å². The number of carbonyl (C=O) groups excluding carboxylic acids is 1. The van der Waals surface area contributed by atoms with E-state index >= 15 is 0 Å². The third-order valence-electron chi connectivity index (χ3n) is 2.91. The van der Waals surface area contributed by atoms with Gasteiger partial charge in [0, 0.05) is 37.4 Å². The molecule has 0 aliphatic rings. The van der Waals surface area contributed by atoms with Crippen LogP contribution in [0.1, 0.15) is 29.9 Å². The van der Waals surface area contributed by atoms with E-state index in [1.54, 1.807) is 24.7 Å². The third-order valence-corrected chi connectivity index (χ3v) is 2.91. The maximum absolute atomic E-state index is 12.0. The van der Waals surface area contributed by atoms with Crippen LogP contribution in [0, 0.1) is 5.92 Å². The van der Waals surface area contributed by atoms with Gasteiger partial charge in [-0.05, 0) is 35.7 Å². The molecule has 1 amide bonds. The van der Waals surface area contributed by atoms with Gasteiger partial charge in [-0.25, -0.2) is 0 Å². The minimum absolute atomic E-state index is 0.142.